The third-order valence-corrected chi connectivity index (χ3v) is 5.61. The SMILES string of the molecule is Cc1c(/C=C(/C#N)c2cccc(F)c2)c2ccccc2n1Cc1ccc(Br)cc1. The molecule has 29 heavy (non-hydrogen) atoms. The molecular weight excluding hydrogens is 427 g/mol. The van der Waals surface area contributed by atoms with E-state index in [-0.39, 0.29) is 5.82 Å². The van der Waals surface area contributed by atoms with Crippen molar-refractivity contribution in [2.75, 3.05) is 0 Å². The van der Waals surface area contributed by atoms with E-state index in [1.165, 1.54) is 17.7 Å². The highest BCUT2D eigenvalue weighted by atomic mass is 79.9. The quantitative estimate of drug-likeness (QED) is 0.312. The van der Waals surface area contributed by atoms with Crippen molar-refractivity contribution < 1.29 is 4.39 Å². The normalized spacial score (nSPS) is 11.6. The Morgan fingerprint density at radius 1 is 1.07 bits per heavy atom. The Balaban J connectivity index is 1.86. The maximum absolute atomic E-state index is 13.7. The van der Waals surface area contributed by atoms with Crippen molar-refractivity contribution in [3.05, 3.63) is 105 Å². The molecule has 142 valence electrons. The number of allylic oxidation sites excluding steroid dienone is 1. The number of nitriles is 1. The summed E-state index contributed by atoms with van der Waals surface area (Å²) >= 11 is 3.48. The second-order valence-electron chi connectivity index (χ2n) is 6.91. The van der Waals surface area contributed by atoms with E-state index in [1.54, 1.807) is 12.1 Å². The summed E-state index contributed by atoms with van der Waals surface area (Å²) in [5, 5.41) is 10.8. The predicted molar refractivity (Wildman–Crippen MR) is 120 cm³/mol. The molecule has 0 saturated heterocycles. The predicted octanol–water partition coefficient (Wildman–Crippen LogP) is 6.96. The molecule has 0 unspecified atom stereocenters. The van der Waals surface area contributed by atoms with Gasteiger partial charge in [-0.1, -0.05) is 58.4 Å². The second-order valence-corrected chi connectivity index (χ2v) is 7.82. The van der Waals surface area contributed by atoms with Gasteiger partial charge in [-0.15, -0.1) is 0 Å². The zero-order valence-electron chi connectivity index (χ0n) is 15.9. The number of para-hydroxylation sites is 1. The van der Waals surface area contributed by atoms with Gasteiger partial charge < -0.3 is 4.57 Å². The molecule has 0 N–H and O–H groups in total. The van der Waals surface area contributed by atoms with Crippen molar-refractivity contribution in [1.29, 1.82) is 5.26 Å². The third kappa shape index (κ3) is 3.87. The maximum Gasteiger partial charge on any atom is 0.123 e. The van der Waals surface area contributed by atoms with Gasteiger partial charge in [0, 0.05) is 33.2 Å². The van der Waals surface area contributed by atoms with Gasteiger partial charge >= 0.3 is 0 Å². The molecule has 0 aliphatic heterocycles. The molecule has 4 heteroatoms. The van der Waals surface area contributed by atoms with Gasteiger partial charge in [0.05, 0.1) is 11.6 Å². The van der Waals surface area contributed by atoms with E-state index in [0.29, 0.717) is 11.1 Å². The van der Waals surface area contributed by atoms with E-state index in [4.69, 9.17) is 0 Å². The van der Waals surface area contributed by atoms with Gasteiger partial charge in [-0.25, -0.2) is 4.39 Å². The van der Waals surface area contributed by atoms with Crippen molar-refractivity contribution >= 4 is 38.5 Å². The Hall–Kier alpha value is -3.16. The molecule has 4 aromatic rings. The first-order valence-corrected chi connectivity index (χ1v) is 10.1. The fraction of sp³-hybridized carbons (Fsp3) is 0.0800. The topological polar surface area (TPSA) is 28.7 Å². The largest absolute Gasteiger partial charge is 0.340 e. The molecular formula is C25H18BrFN2. The van der Waals surface area contributed by atoms with Crippen LogP contribution < -0.4 is 0 Å². The van der Waals surface area contributed by atoms with Crippen molar-refractivity contribution in [1.82, 2.24) is 4.57 Å². The molecule has 0 aliphatic carbocycles. The molecule has 2 nitrogen and oxygen atoms in total. The van der Waals surface area contributed by atoms with E-state index in [2.05, 4.69) is 57.8 Å². The highest BCUT2D eigenvalue weighted by molar-refractivity contribution is 9.10. The second kappa shape index (κ2) is 8.06. The van der Waals surface area contributed by atoms with Crippen LogP contribution in [-0.2, 0) is 6.54 Å². The molecule has 4 rings (SSSR count). The highest BCUT2D eigenvalue weighted by Gasteiger charge is 2.14. The Kier molecular flexibility index (Phi) is 5.33. The number of halogens is 2. The molecule has 0 radical (unpaired) electrons. The van der Waals surface area contributed by atoms with Crippen LogP contribution in [0.15, 0.2) is 77.3 Å². The highest BCUT2D eigenvalue weighted by Crippen LogP contribution is 2.30. The zero-order valence-corrected chi connectivity index (χ0v) is 17.4. The monoisotopic (exact) mass is 444 g/mol. The van der Waals surface area contributed by atoms with Crippen molar-refractivity contribution in [2.24, 2.45) is 0 Å². The van der Waals surface area contributed by atoms with Crippen molar-refractivity contribution in [2.45, 2.75) is 13.5 Å². The Bertz CT molecular complexity index is 1260. The van der Waals surface area contributed by atoms with E-state index >= 15 is 0 Å². The average molecular weight is 445 g/mol. The summed E-state index contributed by atoms with van der Waals surface area (Å²) in [6, 6.07) is 24.8. The maximum atomic E-state index is 13.7. The summed E-state index contributed by atoms with van der Waals surface area (Å²) in [5.41, 5.74) is 5.38. The van der Waals surface area contributed by atoms with Crippen LogP contribution in [0.25, 0.3) is 22.6 Å². The molecule has 0 bridgehead atoms. The van der Waals surface area contributed by atoms with Crippen LogP contribution in [0, 0.1) is 24.1 Å². The van der Waals surface area contributed by atoms with Crippen LogP contribution in [0.3, 0.4) is 0 Å². The van der Waals surface area contributed by atoms with Gasteiger partial charge in [0.2, 0.25) is 0 Å². The first-order valence-electron chi connectivity index (χ1n) is 9.27. The van der Waals surface area contributed by atoms with E-state index in [1.807, 2.05) is 30.3 Å². The fourth-order valence-corrected chi connectivity index (χ4v) is 3.86. The number of aromatic nitrogens is 1. The minimum atomic E-state index is -0.349. The average Bonchev–Trinajstić information content (AvgIpc) is 2.99. The zero-order chi connectivity index (χ0) is 20.4. The van der Waals surface area contributed by atoms with Gasteiger partial charge in [-0.3, -0.25) is 0 Å². The summed E-state index contributed by atoms with van der Waals surface area (Å²) in [5.74, 6) is -0.349. The van der Waals surface area contributed by atoms with E-state index in [0.717, 1.165) is 33.2 Å². The lowest BCUT2D eigenvalue weighted by molar-refractivity contribution is 0.627. The summed E-state index contributed by atoms with van der Waals surface area (Å²) < 4.78 is 17.0. The minimum absolute atomic E-state index is 0.349. The lowest BCUT2D eigenvalue weighted by Crippen LogP contribution is -2.01. The Labute approximate surface area is 177 Å². The van der Waals surface area contributed by atoms with Crippen LogP contribution in [-0.4, -0.2) is 4.57 Å². The van der Waals surface area contributed by atoms with Gasteiger partial charge in [-0.05, 0) is 54.5 Å². The molecule has 0 amide bonds. The van der Waals surface area contributed by atoms with Crippen LogP contribution in [0.5, 0.6) is 0 Å². The fourth-order valence-electron chi connectivity index (χ4n) is 3.60. The molecule has 0 spiro atoms. The molecule has 0 fully saturated rings. The number of nitrogens with zero attached hydrogens (tertiary/aromatic N) is 2. The van der Waals surface area contributed by atoms with Gasteiger partial charge in [-0.2, -0.15) is 5.26 Å². The number of fused-ring (bicyclic) bond motifs is 1. The van der Waals surface area contributed by atoms with Crippen molar-refractivity contribution in [3.8, 4) is 6.07 Å². The standard InChI is InChI=1S/C25H18BrFN2/c1-17-24(14-20(15-28)19-5-4-6-22(27)13-19)23-7-2-3-8-25(23)29(17)16-18-9-11-21(26)12-10-18/h2-14H,16H2,1H3/b20-14-. The number of hydrogen-bond donors (Lipinski definition) is 0. The first kappa shape index (κ1) is 19.2. The Morgan fingerprint density at radius 2 is 1.83 bits per heavy atom. The molecule has 0 saturated carbocycles. The first-order chi connectivity index (χ1) is 14.1. The molecule has 0 atom stereocenters. The lowest BCUT2D eigenvalue weighted by Gasteiger charge is -2.09. The van der Waals surface area contributed by atoms with Crippen LogP contribution in [0.2, 0.25) is 0 Å². The van der Waals surface area contributed by atoms with Crippen LogP contribution >= 0.6 is 15.9 Å². The van der Waals surface area contributed by atoms with Gasteiger partial charge in [0.1, 0.15) is 5.82 Å². The summed E-state index contributed by atoms with van der Waals surface area (Å²) in [6.07, 6.45) is 1.87. The minimum Gasteiger partial charge on any atom is -0.340 e. The summed E-state index contributed by atoms with van der Waals surface area (Å²) in [7, 11) is 0. The Morgan fingerprint density at radius 3 is 2.55 bits per heavy atom. The van der Waals surface area contributed by atoms with Crippen LogP contribution in [0.1, 0.15) is 22.4 Å². The third-order valence-electron chi connectivity index (χ3n) is 5.08. The van der Waals surface area contributed by atoms with Gasteiger partial charge in [0.15, 0.2) is 0 Å². The van der Waals surface area contributed by atoms with Gasteiger partial charge in [0.25, 0.3) is 0 Å². The summed E-state index contributed by atoms with van der Waals surface area (Å²) in [4.78, 5) is 0. The van der Waals surface area contributed by atoms with E-state index < -0.39 is 0 Å². The number of benzene rings is 3. The van der Waals surface area contributed by atoms with Crippen molar-refractivity contribution in [3.63, 3.8) is 0 Å². The lowest BCUT2D eigenvalue weighted by atomic mass is 10.0. The number of rotatable bonds is 4. The van der Waals surface area contributed by atoms with E-state index in [9.17, 15) is 9.65 Å². The smallest absolute Gasteiger partial charge is 0.123 e. The molecule has 0 aliphatic rings. The molecule has 1 heterocycles. The molecule has 1 aromatic heterocycles. The van der Waals surface area contributed by atoms with Crippen LogP contribution in [0.4, 0.5) is 4.39 Å². The number of hydrogen-bond acceptors (Lipinski definition) is 1. The molecule has 3 aromatic carbocycles. The summed E-state index contributed by atoms with van der Waals surface area (Å²) in [6.45, 7) is 2.79.